The van der Waals surface area contributed by atoms with Gasteiger partial charge in [0.2, 0.25) is 0 Å². The highest BCUT2D eigenvalue weighted by molar-refractivity contribution is 5.39. The quantitative estimate of drug-likeness (QED) is 0.786. The van der Waals surface area contributed by atoms with Crippen molar-refractivity contribution in [1.82, 2.24) is 0 Å². The lowest BCUT2D eigenvalue weighted by atomic mass is 10.3. The number of methoxy groups -OCH3 is 1. The highest BCUT2D eigenvalue weighted by Gasteiger charge is 2.34. The van der Waals surface area contributed by atoms with Crippen LogP contribution in [0.1, 0.15) is 6.42 Å². The molecule has 0 heterocycles. The normalized spacial score (nSPS) is 24.4. The van der Waals surface area contributed by atoms with Crippen molar-refractivity contribution < 1.29 is 9.47 Å². The summed E-state index contributed by atoms with van der Waals surface area (Å²) in [7, 11) is 1.64. The largest absolute Gasteiger partial charge is 0.493 e. The van der Waals surface area contributed by atoms with Crippen LogP contribution in [0.2, 0.25) is 0 Å². The molecule has 0 aliphatic heterocycles. The Balaban J connectivity index is 1.94. The van der Waals surface area contributed by atoms with Crippen LogP contribution in [-0.4, -0.2) is 19.8 Å². The maximum atomic E-state index is 5.69. The smallest absolute Gasteiger partial charge is 0.161 e. The second-order valence-corrected chi connectivity index (χ2v) is 3.62. The van der Waals surface area contributed by atoms with Crippen LogP contribution in [0.3, 0.4) is 0 Å². The van der Waals surface area contributed by atoms with Gasteiger partial charge in [-0.25, -0.2) is 0 Å². The predicted molar refractivity (Wildman–Crippen MR) is 54.6 cm³/mol. The zero-order valence-corrected chi connectivity index (χ0v) is 8.27. The fraction of sp³-hybridized carbons (Fsp3) is 0.455. The van der Waals surface area contributed by atoms with Crippen LogP contribution in [0.25, 0.3) is 0 Å². The molecule has 2 atom stereocenters. The van der Waals surface area contributed by atoms with Gasteiger partial charge in [0.25, 0.3) is 0 Å². The third kappa shape index (κ3) is 1.99. The van der Waals surface area contributed by atoms with E-state index in [-0.39, 0.29) is 0 Å². The number of hydrogen-bond acceptors (Lipinski definition) is 3. The Morgan fingerprint density at radius 3 is 2.57 bits per heavy atom. The van der Waals surface area contributed by atoms with Crippen molar-refractivity contribution in [3.63, 3.8) is 0 Å². The molecule has 0 saturated heterocycles. The van der Waals surface area contributed by atoms with Gasteiger partial charge in [-0.15, -0.1) is 0 Å². The second-order valence-electron chi connectivity index (χ2n) is 3.62. The monoisotopic (exact) mass is 193 g/mol. The molecule has 3 nitrogen and oxygen atoms in total. The van der Waals surface area contributed by atoms with E-state index in [0.29, 0.717) is 18.6 Å². The summed E-state index contributed by atoms with van der Waals surface area (Å²) in [5.41, 5.74) is 5.69. The van der Waals surface area contributed by atoms with E-state index in [4.69, 9.17) is 15.2 Å². The molecular weight excluding hydrogens is 178 g/mol. The summed E-state index contributed by atoms with van der Waals surface area (Å²) in [5, 5.41) is 0. The number of rotatable bonds is 4. The van der Waals surface area contributed by atoms with Crippen LogP contribution >= 0.6 is 0 Å². The van der Waals surface area contributed by atoms with Gasteiger partial charge in [-0.3, -0.25) is 0 Å². The summed E-state index contributed by atoms with van der Waals surface area (Å²) in [4.78, 5) is 0. The van der Waals surface area contributed by atoms with Crippen molar-refractivity contribution >= 4 is 0 Å². The van der Waals surface area contributed by atoms with Crippen LogP contribution in [0, 0.1) is 5.92 Å². The minimum Gasteiger partial charge on any atom is -0.493 e. The van der Waals surface area contributed by atoms with E-state index in [1.165, 1.54) is 0 Å². The Kier molecular flexibility index (Phi) is 2.59. The van der Waals surface area contributed by atoms with E-state index in [2.05, 4.69) is 0 Å². The van der Waals surface area contributed by atoms with E-state index in [1.54, 1.807) is 7.11 Å². The van der Waals surface area contributed by atoms with Gasteiger partial charge in [0.15, 0.2) is 11.5 Å². The molecule has 1 aromatic carbocycles. The third-order valence-electron chi connectivity index (χ3n) is 2.50. The molecule has 0 spiro atoms. The standard InChI is InChI=1S/C11H15NO2/c1-13-10-4-2-3-5-11(10)14-7-8-6-9(8)12/h2-5,8-9H,6-7,12H2,1H3. The average Bonchev–Trinajstić information content (AvgIpc) is 2.92. The van der Waals surface area contributed by atoms with Crippen molar-refractivity contribution in [3.8, 4) is 11.5 Å². The van der Waals surface area contributed by atoms with Crippen molar-refractivity contribution in [2.75, 3.05) is 13.7 Å². The van der Waals surface area contributed by atoms with Crippen LogP contribution in [0.5, 0.6) is 11.5 Å². The molecule has 1 aromatic rings. The molecule has 2 unspecified atom stereocenters. The van der Waals surface area contributed by atoms with Gasteiger partial charge in [0, 0.05) is 12.0 Å². The molecule has 3 heteroatoms. The number of ether oxygens (including phenoxy) is 2. The Hall–Kier alpha value is -1.22. The zero-order chi connectivity index (χ0) is 9.97. The minimum atomic E-state index is 0.338. The molecular formula is C11H15NO2. The predicted octanol–water partition coefficient (Wildman–Crippen LogP) is 1.42. The highest BCUT2D eigenvalue weighted by Crippen LogP contribution is 2.31. The Morgan fingerprint density at radius 1 is 1.36 bits per heavy atom. The first kappa shape index (κ1) is 9.34. The molecule has 0 bridgehead atoms. The topological polar surface area (TPSA) is 44.5 Å². The molecule has 1 aliphatic rings. The number of nitrogens with two attached hydrogens (primary N) is 1. The molecule has 0 aromatic heterocycles. The van der Waals surface area contributed by atoms with E-state index < -0.39 is 0 Å². The van der Waals surface area contributed by atoms with Crippen LogP contribution in [-0.2, 0) is 0 Å². The molecule has 1 aliphatic carbocycles. The fourth-order valence-electron chi connectivity index (χ4n) is 1.40. The zero-order valence-electron chi connectivity index (χ0n) is 8.27. The van der Waals surface area contributed by atoms with Gasteiger partial charge in [0.05, 0.1) is 13.7 Å². The third-order valence-corrected chi connectivity index (χ3v) is 2.50. The molecule has 1 saturated carbocycles. The van der Waals surface area contributed by atoms with Crippen LogP contribution in [0.15, 0.2) is 24.3 Å². The fourth-order valence-corrected chi connectivity index (χ4v) is 1.40. The van der Waals surface area contributed by atoms with Crippen molar-refractivity contribution in [3.05, 3.63) is 24.3 Å². The summed E-state index contributed by atoms with van der Waals surface area (Å²) in [5.74, 6) is 2.11. The van der Waals surface area contributed by atoms with E-state index in [0.717, 1.165) is 17.9 Å². The summed E-state index contributed by atoms with van der Waals surface area (Å²) in [6, 6.07) is 8.00. The van der Waals surface area contributed by atoms with Crippen molar-refractivity contribution in [2.24, 2.45) is 11.7 Å². The van der Waals surface area contributed by atoms with Gasteiger partial charge < -0.3 is 15.2 Å². The van der Waals surface area contributed by atoms with Gasteiger partial charge >= 0.3 is 0 Å². The van der Waals surface area contributed by atoms with Gasteiger partial charge in [-0.2, -0.15) is 0 Å². The number of para-hydroxylation sites is 2. The lowest BCUT2D eigenvalue weighted by molar-refractivity contribution is 0.278. The van der Waals surface area contributed by atoms with E-state index >= 15 is 0 Å². The van der Waals surface area contributed by atoms with Crippen molar-refractivity contribution in [2.45, 2.75) is 12.5 Å². The molecule has 1 fully saturated rings. The SMILES string of the molecule is COc1ccccc1OCC1CC1N. The number of hydrogen-bond donors (Lipinski definition) is 1. The first-order valence-electron chi connectivity index (χ1n) is 4.82. The first-order chi connectivity index (χ1) is 6.81. The Bertz CT molecular complexity index is 314. The van der Waals surface area contributed by atoms with Crippen molar-refractivity contribution in [1.29, 1.82) is 0 Å². The molecule has 76 valence electrons. The molecule has 14 heavy (non-hydrogen) atoms. The lowest BCUT2D eigenvalue weighted by Gasteiger charge is -2.09. The molecule has 2 N–H and O–H groups in total. The maximum Gasteiger partial charge on any atom is 0.161 e. The maximum absolute atomic E-state index is 5.69. The molecule has 0 radical (unpaired) electrons. The average molecular weight is 193 g/mol. The summed E-state index contributed by atoms with van der Waals surface area (Å²) in [6.45, 7) is 0.696. The second kappa shape index (κ2) is 3.88. The van der Waals surface area contributed by atoms with Gasteiger partial charge in [-0.1, -0.05) is 12.1 Å². The Labute approximate surface area is 83.8 Å². The van der Waals surface area contributed by atoms with Crippen LogP contribution < -0.4 is 15.2 Å². The number of benzene rings is 1. The summed E-state index contributed by atoms with van der Waals surface area (Å²) in [6.07, 6.45) is 1.08. The van der Waals surface area contributed by atoms with Gasteiger partial charge in [-0.05, 0) is 18.6 Å². The van der Waals surface area contributed by atoms with E-state index in [9.17, 15) is 0 Å². The van der Waals surface area contributed by atoms with Crippen LogP contribution in [0.4, 0.5) is 0 Å². The Morgan fingerprint density at radius 2 is 2.00 bits per heavy atom. The highest BCUT2D eigenvalue weighted by atomic mass is 16.5. The first-order valence-corrected chi connectivity index (χ1v) is 4.82. The summed E-state index contributed by atoms with van der Waals surface area (Å²) >= 11 is 0. The lowest BCUT2D eigenvalue weighted by Crippen LogP contribution is -2.09. The minimum absolute atomic E-state index is 0.338. The molecule has 2 rings (SSSR count). The van der Waals surface area contributed by atoms with Gasteiger partial charge in [0.1, 0.15) is 0 Å². The summed E-state index contributed by atoms with van der Waals surface area (Å²) < 4.78 is 10.8. The van der Waals surface area contributed by atoms with E-state index in [1.807, 2.05) is 24.3 Å². The molecule has 0 amide bonds.